The fourth-order valence-corrected chi connectivity index (χ4v) is 2.06. The molecule has 0 unspecified atom stereocenters. The minimum atomic E-state index is 0.642. The van der Waals surface area contributed by atoms with Crippen molar-refractivity contribution in [3.63, 3.8) is 0 Å². The summed E-state index contributed by atoms with van der Waals surface area (Å²) in [6.45, 7) is 3.98. The Hall–Kier alpha value is -1.61. The number of allylic oxidation sites excluding steroid dienone is 1. The molecular formula is C14H12IN3. The van der Waals surface area contributed by atoms with Crippen molar-refractivity contribution in [2.75, 3.05) is 0 Å². The summed E-state index contributed by atoms with van der Waals surface area (Å²) in [6, 6.07) is 7.91. The Balaban J connectivity index is 2.56. The van der Waals surface area contributed by atoms with Crippen molar-refractivity contribution in [3.8, 4) is 11.8 Å². The van der Waals surface area contributed by atoms with Crippen LogP contribution < -0.4 is 0 Å². The van der Waals surface area contributed by atoms with E-state index in [0.29, 0.717) is 5.56 Å². The second-order valence-electron chi connectivity index (χ2n) is 3.97. The maximum atomic E-state index is 9.06. The van der Waals surface area contributed by atoms with Crippen LogP contribution in [0.2, 0.25) is 0 Å². The summed E-state index contributed by atoms with van der Waals surface area (Å²) in [5.41, 5.74) is 3.69. The Labute approximate surface area is 120 Å². The summed E-state index contributed by atoms with van der Waals surface area (Å²) < 4.78 is 2.79. The van der Waals surface area contributed by atoms with Gasteiger partial charge in [-0.15, -0.1) is 0 Å². The molecule has 0 fully saturated rings. The van der Waals surface area contributed by atoms with Crippen molar-refractivity contribution in [1.82, 2.24) is 9.78 Å². The second kappa shape index (κ2) is 5.36. The summed E-state index contributed by atoms with van der Waals surface area (Å²) in [5.74, 6) is 0. The number of aryl methyl sites for hydroxylation is 1. The lowest BCUT2D eigenvalue weighted by Crippen LogP contribution is -1.96. The van der Waals surface area contributed by atoms with E-state index in [4.69, 9.17) is 5.26 Å². The molecule has 1 aromatic heterocycles. The lowest BCUT2D eigenvalue weighted by molar-refractivity contribution is 0.868. The van der Waals surface area contributed by atoms with Crippen LogP contribution in [0.15, 0.2) is 30.5 Å². The smallest absolute Gasteiger partial charge is 0.126 e. The molecule has 0 saturated heterocycles. The van der Waals surface area contributed by atoms with Gasteiger partial charge in [0.1, 0.15) is 3.70 Å². The number of hydrogen-bond acceptors (Lipinski definition) is 2. The number of hydrogen-bond donors (Lipinski definition) is 0. The molecule has 90 valence electrons. The molecule has 1 heterocycles. The molecule has 0 bridgehead atoms. The van der Waals surface area contributed by atoms with E-state index in [9.17, 15) is 0 Å². The zero-order valence-corrected chi connectivity index (χ0v) is 12.3. The lowest BCUT2D eigenvalue weighted by atomic mass is 10.1. The molecule has 2 rings (SSSR count). The molecule has 4 heteroatoms. The van der Waals surface area contributed by atoms with Crippen LogP contribution in [-0.4, -0.2) is 9.78 Å². The van der Waals surface area contributed by atoms with Gasteiger partial charge in [-0.2, -0.15) is 10.4 Å². The number of benzene rings is 1. The molecule has 0 spiro atoms. The number of rotatable bonds is 2. The Morgan fingerprint density at radius 3 is 2.72 bits per heavy atom. The van der Waals surface area contributed by atoms with Gasteiger partial charge in [0, 0.05) is 11.8 Å². The quantitative estimate of drug-likeness (QED) is 0.776. The van der Waals surface area contributed by atoms with E-state index in [1.54, 1.807) is 0 Å². The van der Waals surface area contributed by atoms with Crippen molar-refractivity contribution in [2.24, 2.45) is 0 Å². The van der Waals surface area contributed by atoms with E-state index in [1.165, 1.54) is 0 Å². The third kappa shape index (κ3) is 2.62. The van der Waals surface area contributed by atoms with Crippen LogP contribution in [0.3, 0.4) is 0 Å². The van der Waals surface area contributed by atoms with E-state index in [-0.39, 0.29) is 0 Å². The molecule has 0 saturated carbocycles. The summed E-state index contributed by atoms with van der Waals surface area (Å²) in [4.78, 5) is 0. The molecule has 0 aliphatic carbocycles. The maximum absolute atomic E-state index is 9.06. The van der Waals surface area contributed by atoms with E-state index in [2.05, 4.69) is 33.8 Å². The summed E-state index contributed by atoms with van der Waals surface area (Å²) in [7, 11) is 0. The maximum Gasteiger partial charge on any atom is 0.126 e. The van der Waals surface area contributed by atoms with Crippen LogP contribution in [0, 0.1) is 22.0 Å². The predicted octanol–water partition coefficient (Wildman–Crippen LogP) is 3.69. The van der Waals surface area contributed by atoms with Crippen LogP contribution in [0.1, 0.15) is 23.6 Å². The molecule has 0 radical (unpaired) electrons. The van der Waals surface area contributed by atoms with E-state index < -0.39 is 0 Å². The zero-order chi connectivity index (χ0) is 13.1. The van der Waals surface area contributed by atoms with Crippen LogP contribution >= 0.6 is 22.6 Å². The first kappa shape index (κ1) is 12.8. The first-order chi connectivity index (χ1) is 8.63. The van der Waals surface area contributed by atoms with E-state index in [1.807, 2.05) is 55.1 Å². The second-order valence-corrected chi connectivity index (χ2v) is 4.99. The highest BCUT2D eigenvalue weighted by atomic mass is 127. The molecular weight excluding hydrogens is 337 g/mol. The van der Waals surface area contributed by atoms with Gasteiger partial charge in [0.25, 0.3) is 0 Å². The largest absolute Gasteiger partial charge is 0.240 e. The summed E-state index contributed by atoms with van der Waals surface area (Å²) in [5, 5.41) is 13.5. The number of aromatic nitrogens is 2. The monoisotopic (exact) mass is 349 g/mol. The summed E-state index contributed by atoms with van der Waals surface area (Å²) in [6.07, 6.45) is 5.90. The highest BCUT2D eigenvalue weighted by Crippen LogP contribution is 2.17. The highest BCUT2D eigenvalue weighted by Gasteiger charge is 2.05. The molecule has 0 amide bonds. The fraction of sp³-hybridized carbons (Fsp3) is 0.143. The SMILES string of the molecule is C/C=C/c1cc(C#N)cc(-n2cc(C)c(I)n2)c1. The Kier molecular flexibility index (Phi) is 3.82. The van der Waals surface area contributed by atoms with Crippen LogP contribution in [0.4, 0.5) is 0 Å². The minimum Gasteiger partial charge on any atom is -0.240 e. The van der Waals surface area contributed by atoms with Crippen LogP contribution in [-0.2, 0) is 0 Å². The van der Waals surface area contributed by atoms with E-state index >= 15 is 0 Å². The van der Waals surface area contributed by atoms with Crippen LogP contribution in [0.5, 0.6) is 0 Å². The fourth-order valence-electron chi connectivity index (χ4n) is 1.69. The molecule has 1 aromatic carbocycles. The van der Waals surface area contributed by atoms with E-state index in [0.717, 1.165) is 20.5 Å². The first-order valence-electron chi connectivity index (χ1n) is 5.54. The number of nitriles is 1. The van der Waals surface area contributed by atoms with Gasteiger partial charge in [-0.1, -0.05) is 12.2 Å². The third-order valence-corrected chi connectivity index (χ3v) is 3.60. The summed E-state index contributed by atoms with van der Waals surface area (Å²) >= 11 is 2.20. The van der Waals surface area contributed by atoms with Crippen molar-refractivity contribution in [2.45, 2.75) is 13.8 Å². The third-order valence-electron chi connectivity index (χ3n) is 2.53. The van der Waals surface area contributed by atoms with Gasteiger partial charge in [0.05, 0.1) is 17.3 Å². The number of nitrogens with zero attached hydrogens (tertiary/aromatic N) is 3. The minimum absolute atomic E-state index is 0.642. The van der Waals surface area contributed by atoms with Gasteiger partial charge < -0.3 is 0 Å². The van der Waals surface area contributed by atoms with Crippen molar-refractivity contribution >= 4 is 28.7 Å². The standard InChI is InChI=1S/C14H12IN3/c1-3-4-11-5-12(8-16)7-13(6-11)18-9-10(2)14(15)17-18/h3-7,9H,1-2H3/b4-3+. The van der Waals surface area contributed by atoms with Gasteiger partial charge in [-0.05, 0) is 60.2 Å². The van der Waals surface area contributed by atoms with Crippen molar-refractivity contribution < 1.29 is 0 Å². The molecule has 3 nitrogen and oxygen atoms in total. The molecule has 0 aliphatic rings. The van der Waals surface area contributed by atoms with Crippen molar-refractivity contribution in [3.05, 3.63) is 50.9 Å². The highest BCUT2D eigenvalue weighted by molar-refractivity contribution is 14.1. The topological polar surface area (TPSA) is 41.6 Å². The average molecular weight is 349 g/mol. The molecule has 18 heavy (non-hydrogen) atoms. The Morgan fingerprint density at radius 2 is 2.17 bits per heavy atom. The van der Waals surface area contributed by atoms with Gasteiger partial charge in [0.2, 0.25) is 0 Å². The molecule has 0 atom stereocenters. The molecule has 2 aromatic rings. The Bertz CT molecular complexity index is 628. The zero-order valence-electron chi connectivity index (χ0n) is 10.2. The van der Waals surface area contributed by atoms with Gasteiger partial charge in [-0.3, -0.25) is 0 Å². The normalized spacial score (nSPS) is 10.8. The molecule has 0 N–H and O–H groups in total. The van der Waals surface area contributed by atoms with Gasteiger partial charge in [-0.25, -0.2) is 4.68 Å². The average Bonchev–Trinajstić information content (AvgIpc) is 2.70. The first-order valence-corrected chi connectivity index (χ1v) is 6.62. The molecule has 0 aliphatic heterocycles. The van der Waals surface area contributed by atoms with Gasteiger partial charge >= 0.3 is 0 Å². The van der Waals surface area contributed by atoms with Crippen LogP contribution in [0.25, 0.3) is 11.8 Å². The lowest BCUT2D eigenvalue weighted by Gasteiger charge is -2.04. The predicted molar refractivity (Wildman–Crippen MR) is 80.4 cm³/mol. The van der Waals surface area contributed by atoms with Crippen molar-refractivity contribution in [1.29, 1.82) is 5.26 Å². The Morgan fingerprint density at radius 1 is 1.39 bits per heavy atom. The number of halogens is 1. The van der Waals surface area contributed by atoms with Gasteiger partial charge in [0.15, 0.2) is 0 Å².